The maximum Gasteiger partial charge on any atom is 0.138 e. The first-order valence-electron chi connectivity index (χ1n) is 7.25. The number of nitrogens with one attached hydrogen (secondary N) is 1. The molecule has 2 nitrogen and oxygen atoms in total. The molecule has 0 aromatic carbocycles. The fraction of sp³-hybridized carbons (Fsp3) is 1.00. The minimum atomic E-state index is 0.424. The van der Waals surface area contributed by atoms with E-state index in [1.807, 2.05) is 0 Å². The van der Waals surface area contributed by atoms with Crippen LogP contribution in [0.25, 0.3) is 0 Å². The highest BCUT2D eigenvalue weighted by Crippen LogP contribution is 2.27. The molecule has 0 aromatic rings. The largest absolute Gasteiger partial charge is 0.320 e. The van der Waals surface area contributed by atoms with E-state index in [1.54, 1.807) is 4.90 Å². The third-order valence-corrected chi connectivity index (χ3v) is 4.70. The Morgan fingerprint density at radius 1 is 1.06 bits per heavy atom. The van der Waals surface area contributed by atoms with E-state index in [-0.39, 0.29) is 0 Å². The van der Waals surface area contributed by atoms with Crippen LogP contribution >= 0.6 is 0 Å². The van der Waals surface area contributed by atoms with Crippen molar-refractivity contribution in [1.82, 2.24) is 0 Å². The lowest BCUT2D eigenvalue weighted by Gasteiger charge is -2.37. The molecule has 2 heteroatoms. The van der Waals surface area contributed by atoms with Gasteiger partial charge in [-0.15, -0.1) is 0 Å². The number of rotatable bonds is 2. The van der Waals surface area contributed by atoms with Crippen LogP contribution in [0.4, 0.5) is 0 Å². The Morgan fingerprint density at radius 3 is 2.62 bits per heavy atom. The highest BCUT2D eigenvalue weighted by atomic mass is 15.2. The van der Waals surface area contributed by atoms with Gasteiger partial charge in [-0.25, -0.2) is 0 Å². The summed E-state index contributed by atoms with van der Waals surface area (Å²) in [6.07, 6.45) is 8.80. The summed E-state index contributed by atoms with van der Waals surface area (Å²) in [7, 11) is 0. The summed E-state index contributed by atoms with van der Waals surface area (Å²) in [6.45, 7) is 7.46. The van der Waals surface area contributed by atoms with Gasteiger partial charge in [0.15, 0.2) is 0 Å². The Morgan fingerprint density at radius 2 is 1.88 bits per heavy atom. The summed E-state index contributed by atoms with van der Waals surface area (Å²) in [5.41, 5.74) is 6.26. The Bertz CT molecular complexity index is 217. The fourth-order valence-corrected chi connectivity index (χ4v) is 3.72. The molecule has 94 valence electrons. The second-order valence-corrected chi connectivity index (χ2v) is 6.49. The van der Waals surface area contributed by atoms with Gasteiger partial charge in [-0.05, 0) is 25.2 Å². The van der Waals surface area contributed by atoms with Crippen LogP contribution in [0, 0.1) is 17.8 Å². The van der Waals surface area contributed by atoms with Crippen molar-refractivity contribution < 1.29 is 4.90 Å². The summed E-state index contributed by atoms with van der Waals surface area (Å²) in [4.78, 5) is 1.69. The molecular formula is C14H29N2+. The molecule has 1 saturated heterocycles. The number of likely N-dealkylation sites (tertiary alicyclic amines) is 1. The molecule has 0 amide bonds. The van der Waals surface area contributed by atoms with Gasteiger partial charge in [0, 0.05) is 18.3 Å². The summed E-state index contributed by atoms with van der Waals surface area (Å²) in [5, 5.41) is 0. The van der Waals surface area contributed by atoms with Gasteiger partial charge in [-0.2, -0.15) is 0 Å². The Kier molecular flexibility index (Phi) is 4.26. The van der Waals surface area contributed by atoms with E-state index in [0.29, 0.717) is 6.17 Å². The molecule has 16 heavy (non-hydrogen) atoms. The second-order valence-electron chi connectivity index (χ2n) is 6.49. The standard InChI is InChI=1S/C14H28N2/c1-11-4-3-5-13(8-11)10-16-9-12(2)6-7-14(16)15/h11-14H,3-10,15H2,1-2H3/p+1. The summed E-state index contributed by atoms with van der Waals surface area (Å²) in [6, 6.07) is 0. The van der Waals surface area contributed by atoms with Crippen LogP contribution in [0.3, 0.4) is 0 Å². The summed E-state index contributed by atoms with van der Waals surface area (Å²) < 4.78 is 0. The minimum Gasteiger partial charge on any atom is -0.320 e. The van der Waals surface area contributed by atoms with E-state index >= 15 is 0 Å². The van der Waals surface area contributed by atoms with E-state index in [9.17, 15) is 0 Å². The van der Waals surface area contributed by atoms with Crippen LogP contribution in [-0.2, 0) is 0 Å². The first-order chi connectivity index (χ1) is 7.65. The predicted molar refractivity (Wildman–Crippen MR) is 68.2 cm³/mol. The van der Waals surface area contributed by atoms with Gasteiger partial charge in [-0.1, -0.05) is 26.7 Å². The predicted octanol–water partition coefficient (Wildman–Crippen LogP) is 1.41. The summed E-state index contributed by atoms with van der Waals surface area (Å²) in [5.74, 6) is 2.79. The van der Waals surface area contributed by atoms with Crippen molar-refractivity contribution in [3.05, 3.63) is 0 Å². The molecule has 0 spiro atoms. The average Bonchev–Trinajstić information content (AvgIpc) is 2.24. The van der Waals surface area contributed by atoms with Crippen molar-refractivity contribution in [3.8, 4) is 0 Å². The van der Waals surface area contributed by atoms with E-state index in [4.69, 9.17) is 5.73 Å². The van der Waals surface area contributed by atoms with E-state index in [0.717, 1.165) is 17.8 Å². The van der Waals surface area contributed by atoms with Gasteiger partial charge < -0.3 is 4.90 Å². The maximum absolute atomic E-state index is 6.26. The number of hydrogen-bond acceptors (Lipinski definition) is 1. The molecule has 5 atom stereocenters. The van der Waals surface area contributed by atoms with Gasteiger partial charge in [0.05, 0.1) is 13.1 Å². The third-order valence-electron chi connectivity index (χ3n) is 4.70. The van der Waals surface area contributed by atoms with E-state index in [2.05, 4.69) is 13.8 Å². The lowest BCUT2D eigenvalue weighted by Crippen LogP contribution is -3.19. The quantitative estimate of drug-likeness (QED) is 0.731. The molecule has 1 heterocycles. The van der Waals surface area contributed by atoms with Crippen molar-refractivity contribution in [1.29, 1.82) is 0 Å². The first kappa shape index (κ1) is 12.4. The minimum absolute atomic E-state index is 0.424. The van der Waals surface area contributed by atoms with Crippen molar-refractivity contribution >= 4 is 0 Å². The molecule has 2 rings (SSSR count). The number of hydrogen-bond donors (Lipinski definition) is 2. The molecule has 0 radical (unpaired) electrons. The normalized spacial score (nSPS) is 45.6. The number of quaternary nitrogens is 1. The monoisotopic (exact) mass is 225 g/mol. The smallest absolute Gasteiger partial charge is 0.138 e. The molecule has 1 saturated carbocycles. The van der Waals surface area contributed by atoms with Crippen molar-refractivity contribution in [2.45, 2.75) is 58.5 Å². The lowest BCUT2D eigenvalue weighted by molar-refractivity contribution is -0.937. The van der Waals surface area contributed by atoms with E-state index in [1.165, 1.54) is 51.6 Å². The van der Waals surface area contributed by atoms with Crippen LogP contribution < -0.4 is 10.6 Å². The van der Waals surface area contributed by atoms with Gasteiger partial charge in [0.2, 0.25) is 0 Å². The molecule has 0 bridgehead atoms. The second kappa shape index (κ2) is 5.50. The number of nitrogens with two attached hydrogens (primary N) is 1. The third kappa shape index (κ3) is 3.21. The zero-order valence-corrected chi connectivity index (χ0v) is 11.0. The lowest BCUT2D eigenvalue weighted by atomic mass is 9.81. The van der Waals surface area contributed by atoms with Crippen molar-refractivity contribution in [3.63, 3.8) is 0 Å². The molecule has 1 aliphatic heterocycles. The number of piperidine rings is 1. The fourth-order valence-electron chi connectivity index (χ4n) is 3.72. The topological polar surface area (TPSA) is 30.5 Å². The SMILES string of the molecule is CC1CCCC(C[NH+]2CC(C)CCC2N)C1. The van der Waals surface area contributed by atoms with Crippen LogP contribution in [0.1, 0.15) is 52.4 Å². The highest BCUT2D eigenvalue weighted by molar-refractivity contribution is 4.71. The Labute approximate surface area is 101 Å². The molecule has 1 aliphatic carbocycles. The van der Waals surface area contributed by atoms with Gasteiger partial charge in [0.1, 0.15) is 6.17 Å². The molecule has 2 aliphatic rings. The van der Waals surface area contributed by atoms with Crippen LogP contribution in [0.2, 0.25) is 0 Å². The average molecular weight is 225 g/mol. The van der Waals surface area contributed by atoms with Crippen LogP contribution in [0.15, 0.2) is 0 Å². The zero-order valence-electron chi connectivity index (χ0n) is 11.0. The summed E-state index contributed by atoms with van der Waals surface area (Å²) >= 11 is 0. The van der Waals surface area contributed by atoms with Crippen molar-refractivity contribution in [2.75, 3.05) is 13.1 Å². The van der Waals surface area contributed by atoms with Gasteiger partial charge >= 0.3 is 0 Å². The first-order valence-corrected chi connectivity index (χ1v) is 7.25. The molecule has 0 aromatic heterocycles. The van der Waals surface area contributed by atoms with Gasteiger partial charge in [-0.3, -0.25) is 5.73 Å². The molecule has 5 unspecified atom stereocenters. The highest BCUT2D eigenvalue weighted by Gasteiger charge is 2.30. The Balaban J connectivity index is 1.82. The molecule has 3 N–H and O–H groups in total. The Hall–Kier alpha value is -0.0800. The molecular weight excluding hydrogens is 196 g/mol. The molecule has 2 fully saturated rings. The van der Waals surface area contributed by atoms with Crippen LogP contribution in [0.5, 0.6) is 0 Å². The van der Waals surface area contributed by atoms with Crippen LogP contribution in [-0.4, -0.2) is 19.3 Å². The zero-order chi connectivity index (χ0) is 11.5. The van der Waals surface area contributed by atoms with Gasteiger partial charge in [0.25, 0.3) is 0 Å². The van der Waals surface area contributed by atoms with E-state index < -0.39 is 0 Å². The van der Waals surface area contributed by atoms with Crippen molar-refractivity contribution in [2.24, 2.45) is 23.5 Å². The maximum atomic E-state index is 6.26.